The van der Waals surface area contributed by atoms with E-state index in [1.165, 1.54) is 0 Å². The Bertz CT molecular complexity index is 826. The molecule has 1 amide bonds. The lowest BCUT2D eigenvalue weighted by Gasteiger charge is -2.06. The summed E-state index contributed by atoms with van der Waals surface area (Å²) in [7, 11) is 0. The number of rotatable bonds is 4. The Hall–Kier alpha value is -2.33. The van der Waals surface area contributed by atoms with Gasteiger partial charge in [0.1, 0.15) is 5.52 Å². The fourth-order valence-corrected chi connectivity index (χ4v) is 2.51. The third-order valence-electron chi connectivity index (χ3n) is 3.30. The maximum atomic E-state index is 12.0. The Morgan fingerprint density at radius 1 is 1.23 bits per heavy atom. The Labute approximate surface area is 133 Å². The molecule has 1 heterocycles. The average molecular weight is 315 g/mol. The number of aromatic nitrogens is 1. The van der Waals surface area contributed by atoms with Gasteiger partial charge in [0.2, 0.25) is 5.91 Å². The van der Waals surface area contributed by atoms with Gasteiger partial charge in [-0.25, -0.2) is 4.98 Å². The number of carbonyl (C=O) groups is 1. The number of fused-ring (bicyclic) bond motifs is 1. The lowest BCUT2D eigenvalue weighted by atomic mass is 10.1. The zero-order chi connectivity index (χ0) is 15.5. The Kier molecular flexibility index (Phi) is 4.11. The molecule has 0 fully saturated rings. The number of oxazole rings is 1. The molecule has 0 saturated heterocycles. The van der Waals surface area contributed by atoms with Crippen LogP contribution in [0.4, 0.5) is 0 Å². The molecule has 22 heavy (non-hydrogen) atoms. The molecule has 0 radical (unpaired) electrons. The molecule has 0 spiro atoms. The van der Waals surface area contributed by atoms with Crippen molar-refractivity contribution < 1.29 is 9.21 Å². The highest BCUT2D eigenvalue weighted by Gasteiger charge is 2.06. The number of halogens is 1. The van der Waals surface area contributed by atoms with E-state index in [-0.39, 0.29) is 5.91 Å². The fourth-order valence-electron chi connectivity index (χ4n) is 2.29. The molecule has 1 aromatic heterocycles. The van der Waals surface area contributed by atoms with Crippen LogP contribution in [0.15, 0.2) is 46.9 Å². The molecule has 5 heteroatoms. The molecular weight excluding hydrogens is 300 g/mol. The van der Waals surface area contributed by atoms with Crippen molar-refractivity contribution in [2.45, 2.75) is 19.9 Å². The standard InChI is InChI=1S/C17H15ClN2O2/c1-11-20-15-8-13(5-6-16(15)22-11)10-19-17(21)9-12-3-2-4-14(18)7-12/h2-8H,9-10H2,1H3,(H,19,21). The van der Waals surface area contributed by atoms with Crippen LogP contribution in [-0.4, -0.2) is 10.9 Å². The molecule has 3 rings (SSSR count). The average Bonchev–Trinajstić information content (AvgIpc) is 2.84. The Morgan fingerprint density at radius 2 is 2.09 bits per heavy atom. The van der Waals surface area contributed by atoms with Gasteiger partial charge in [-0.2, -0.15) is 0 Å². The second-order valence-corrected chi connectivity index (χ2v) is 5.55. The Balaban J connectivity index is 1.62. The summed E-state index contributed by atoms with van der Waals surface area (Å²) in [6.45, 7) is 2.27. The van der Waals surface area contributed by atoms with Crippen LogP contribution < -0.4 is 5.32 Å². The van der Waals surface area contributed by atoms with Gasteiger partial charge < -0.3 is 9.73 Å². The summed E-state index contributed by atoms with van der Waals surface area (Å²) in [5.74, 6) is 0.593. The molecule has 4 nitrogen and oxygen atoms in total. The molecule has 0 saturated carbocycles. The summed E-state index contributed by atoms with van der Waals surface area (Å²) in [4.78, 5) is 16.3. The molecular formula is C17H15ClN2O2. The largest absolute Gasteiger partial charge is 0.441 e. The SMILES string of the molecule is Cc1nc2cc(CNC(=O)Cc3cccc(Cl)c3)ccc2o1. The smallest absolute Gasteiger partial charge is 0.224 e. The maximum absolute atomic E-state index is 12.0. The molecule has 112 valence electrons. The molecule has 0 aliphatic carbocycles. The van der Waals surface area contributed by atoms with Gasteiger partial charge in [0.15, 0.2) is 11.5 Å². The molecule has 0 aliphatic heterocycles. The van der Waals surface area contributed by atoms with Crippen molar-refractivity contribution in [1.29, 1.82) is 0 Å². The van der Waals surface area contributed by atoms with E-state index < -0.39 is 0 Å². The lowest BCUT2D eigenvalue weighted by molar-refractivity contribution is -0.120. The van der Waals surface area contributed by atoms with Crippen molar-refractivity contribution in [2.75, 3.05) is 0 Å². The van der Waals surface area contributed by atoms with E-state index in [9.17, 15) is 4.79 Å². The predicted octanol–water partition coefficient (Wildman–Crippen LogP) is 3.65. The molecule has 0 bridgehead atoms. The van der Waals surface area contributed by atoms with Crippen LogP contribution in [0.2, 0.25) is 5.02 Å². The minimum absolute atomic E-state index is 0.0429. The minimum Gasteiger partial charge on any atom is -0.441 e. The molecule has 3 aromatic rings. The summed E-state index contributed by atoms with van der Waals surface area (Å²) in [6.07, 6.45) is 0.311. The number of benzene rings is 2. The van der Waals surface area contributed by atoms with Gasteiger partial charge in [0, 0.05) is 18.5 Å². The third-order valence-corrected chi connectivity index (χ3v) is 3.54. The van der Waals surface area contributed by atoms with Gasteiger partial charge in [0.25, 0.3) is 0 Å². The van der Waals surface area contributed by atoms with E-state index in [0.29, 0.717) is 23.9 Å². The van der Waals surface area contributed by atoms with Crippen molar-refractivity contribution in [3.05, 3.63) is 64.5 Å². The van der Waals surface area contributed by atoms with Crippen molar-refractivity contribution in [2.24, 2.45) is 0 Å². The minimum atomic E-state index is -0.0429. The van der Waals surface area contributed by atoms with E-state index in [1.807, 2.05) is 37.3 Å². The van der Waals surface area contributed by atoms with Gasteiger partial charge >= 0.3 is 0 Å². The van der Waals surface area contributed by atoms with E-state index in [2.05, 4.69) is 10.3 Å². The summed E-state index contributed by atoms with van der Waals surface area (Å²) in [5, 5.41) is 3.53. The number of nitrogens with one attached hydrogen (secondary N) is 1. The van der Waals surface area contributed by atoms with Crippen molar-refractivity contribution in [3.63, 3.8) is 0 Å². The quantitative estimate of drug-likeness (QED) is 0.799. The number of hydrogen-bond donors (Lipinski definition) is 1. The van der Waals surface area contributed by atoms with E-state index in [0.717, 1.165) is 22.2 Å². The first-order valence-electron chi connectivity index (χ1n) is 6.97. The number of aryl methyl sites for hydroxylation is 1. The van der Waals surface area contributed by atoms with Crippen LogP contribution in [0.1, 0.15) is 17.0 Å². The number of amides is 1. The molecule has 0 unspecified atom stereocenters. The van der Waals surface area contributed by atoms with Gasteiger partial charge in [0.05, 0.1) is 6.42 Å². The predicted molar refractivity (Wildman–Crippen MR) is 85.7 cm³/mol. The highest BCUT2D eigenvalue weighted by Crippen LogP contribution is 2.16. The number of carbonyl (C=O) groups excluding carboxylic acids is 1. The number of hydrogen-bond acceptors (Lipinski definition) is 3. The topological polar surface area (TPSA) is 55.1 Å². The fraction of sp³-hybridized carbons (Fsp3) is 0.176. The first-order chi connectivity index (χ1) is 10.6. The molecule has 0 atom stereocenters. The van der Waals surface area contributed by atoms with Crippen molar-refractivity contribution >= 4 is 28.6 Å². The van der Waals surface area contributed by atoms with Crippen LogP contribution in [0.3, 0.4) is 0 Å². The van der Waals surface area contributed by atoms with Crippen molar-refractivity contribution in [3.8, 4) is 0 Å². The third kappa shape index (κ3) is 3.46. The molecule has 0 aliphatic rings. The first-order valence-corrected chi connectivity index (χ1v) is 7.35. The summed E-state index contributed by atoms with van der Waals surface area (Å²) in [5.41, 5.74) is 3.44. The van der Waals surface area contributed by atoms with Crippen LogP contribution in [0.5, 0.6) is 0 Å². The normalized spacial score (nSPS) is 10.8. The monoisotopic (exact) mass is 314 g/mol. The highest BCUT2D eigenvalue weighted by molar-refractivity contribution is 6.30. The summed E-state index contributed by atoms with van der Waals surface area (Å²) < 4.78 is 5.43. The second kappa shape index (κ2) is 6.20. The van der Waals surface area contributed by atoms with E-state index >= 15 is 0 Å². The zero-order valence-electron chi connectivity index (χ0n) is 12.1. The first kappa shape index (κ1) is 14.6. The molecule has 2 aromatic carbocycles. The van der Waals surface area contributed by atoms with Crippen LogP contribution in [0.25, 0.3) is 11.1 Å². The summed E-state index contributed by atoms with van der Waals surface area (Å²) in [6, 6.07) is 13.0. The van der Waals surface area contributed by atoms with E-state index in [4.69, 9.17) is 16.0 Å². The highest BCUT2D eigenvalue weighted by atomic mass is 35.5. The van der Waals surface area contributed by atoms with Gasteiger partial charge in [-0.1, -0.05) is 29.8 Å². The van der Waals surface area contributed by atoms with Crippen molar-refractivity contribution in [1.82, 2.24) is 10.3 Å². The van der Waals surface area contributed by atoms with Crippen LogP contribution >= 0.6 is 11.6 Å². The van der Waals surface area contributed by atoms with Gasteiger partial charge in [-0.05, 0) is 35.4 Å². The van der Waals surface area contributed by atoms with Gasteiger partial charge in [-0.15, -0.1) is 0 Å². The maximum Gasteiger partial charge on any atom is 0.224 e. The number of nitrogens with zero attached hydrogens (tertiary/aromatic N) is 1. The Morgan fingerprint density at radius 3 is 2.91 bits per heavy atom. The second-order valence-electron chi connectivity index (χ2n) is 5.12. The van der Waals surface area contributed by atoms with Crippen LogP contribution in [-0.2, 0) is 17.8 Å². The van der Waals surface area contributed by atoms with Crippen LogP contribution in [0, 0.1) is 6.92 Å². The van der Waals surface area contributed by atoms with E-state index in [1.54, 1.807) is 12.1 Å². The lowest BCUT2D eigenvalue weighted by Crippen LogP contribution is -2.24. The molecule has 1 N–H and O–H groups in total. The summed E-state index contributed by atoms with van der Waals surface area (Å²) >= 11 is 5.91. The van der Waals surface area contributed by atoms with Gasteiger partial charge in [-0.3, -0.25) is 4.79 Å². The zero-order valence-corrected chi connectivity index (χ0v) is 12.9.